The van der Waals surface area contributed by atoms with E-state index in [2.05, 4.69) is 28.6 Å². The molecule has 1 saturated carbocycles. The van der Waals surface area contributed by atoms with Crippen LogP contribution in [-0.4, -0.2) is 59.2 Å². The molecule has 1 aromatic rings. The van der Waals surface area contributed by atoms with Gasteiger partial charge in [-0.3, -0.25) is 24.6 Å². The van der Waals surface area contributed by atoms with Gasteiger partial charge >= 0.3 is 0 Å². The second-order valence-electron chi connectivity index (χ2n) is 8.73. The van der Waals surface area contributed by atoms with E-state index in [1.165, 1.54) is 18.4 Å². The van der Waals surface area contributed by atoms with E-state index in [1.807, 2.05) is 12.1 Å². The Kier molecular flexibility index (Phi) is 4.25. The molecule has 148 valence electrons. The zero-order valence-corrected chi connectivity index (χ0v) is 16.1. The van der Waals surface area contributed by atoms with Gasteiger partial charge in [-0.25, -0.2) is 0 Å². The van der Waals surface area contributed by atoms with Gasteiger partial charge in [0.05, 0.1) is 0 Å². The highest BCUT2D eigenvalue weighted by Gasteiger charge is 2.41. The molecule has 5 rings (SSSR count). The molecule has 1 aromatic carbocycles. The van der Waals surface area contributed by atoms with Gasteiger partial charge in [0, 0.05) is 37.2 Å². The predicted molar refractivity (Wildman–Crippen MR) is 102 cm³/mol. The lowest BCUT2D eigenvalue weighted by Gasteiger charge is -2.32. The second-order valence-corrected chi connectivity index (χ2v) is 8.73. The number of rotatable bonds is 4. The Morgan fingerprint density at radius 1 is 1.21 bits per heavy atom. The van der Waals surface area contributed by atoms with Gasteiger partial charge in [0.1, 0.15) is 6.04 Å². The minimum Gasteiger partial charge on any atom is -0.322 e. The summed E-state index contributed by atoms with van der Waals surface area (Å²) in [6, 6.07) is 6.66. The molecule has 2 bridgehead atoms. The van der Waals surface area contributed by atoms with Crippen molar-refractivity contribution in [2.45, 2.75) is 56.9 Å². The first-order chi connectivity index (χ1) is 13.5. The average Bonchev–Trinajstić information content (AvgIpc) is 3.37. The zero-order chi connectivity index (χ0) is 19.4. The SMILES string of the molecule is CN(Cc1ccc2c(c1)CN(C1CCC(=O)NC1=O)C2=O)[C@@H]1C[C@@H]2CN[C@H]1C2. The molecule has 0 spiro atoms. The van der Waals surface area contributed by atoms with Crippen LogP contribution < -0.4 is 10.6 Å². The Morgan fingerprint density at radius 3 is 2.79 bits per heavy atom. The maximum absolute atomic E-state index is 12.8. The summed E-state index contributed by atoms with van der Waals surface area (Å²) < 4.78 is 0. The lowest BCUT2D eigenvalue weighted by Crippen LogP contribution is -2.52. The van der Waals surface area contributed by atoms with E-state index in [1.54, 1.807) is 4.90 Å². The van der Waals surface area contributed by atoms with Gasteiger partial charge in [0.25, 0.3) is 5.91 Å². The molecule has 3 aliphatic heterocycles. The van der Waals surface area contributed by atoms with Crippen LogP contribution in [0.4, 0.5) is 0 Å². The molecule has 3 amide bonds. The molecule has 7 heteroatoms. The van der Waals surface area contributed by atoms with Gasteiger partial charge in [-0.1, -0.05) is 12.1 Å². The third kappa shape index (κ3) is 2.93. The Balaban J connectivity index is 1.29. The number of nitrogens with zero attached hydrogens (tertiary/aromatic N) is 2. The number of benzene rings is 1. The summed E-state index contributed by atoms with van der Waals surface area (Å²) in [5.41, 5.74) is 2.85. The van der Waals surface area contributed by atoms with E-state index >= 15 is 0 Å². The number of likely N-dealkylation sites (N-methyl/N-ethyl adjacent to an activating group) is 1. The van der Waals surface area contributed by atoms with Crippen molar-refractivity contribution in [2.75, 3.05) is 13.6 Å². The van der Waals surface area contributed by atoms with Crippen molar-refractivity contribution in [1.82, 2.24) is 20.4 Å². The number of carbonyl (C=O) groups excluding carboxylic acids is 3. The van der Waals surface area contributed by atoms with Crippen LogP contribution in [0.25, 0.3) is 0 Å². The number of nitrogens with one attached hydrogen (secondary N) is 2. The summed E-state index contributed by atoms with van der Waals surface area (Å²) in [6.07, 6.45) is 3.23. The summed E-state index contributed by atoms with van der Waals surface area (Å²) in [4.78, 5) is 40.4. The van der Waals surface area contributed by atoms with Crippen molar-refractivity contribution in [2.24, 2.45) is 5.92 Å². The summed E-state index contributed by atoms with van der Waals surface area (Å²) in [5, 5.41) is 5.97. The van der Waals surface area contributed by atoms with Gasteiger partial charge in [-0.15, -0.1) is 0 Å². The quantitative estimate of drug-likeness (QED) is 0.747. The number of fused-ring (bicyclic) bond motifs is 3. The fourth-order valence-corrected chi connectivity index (χ4v) is 5.44. The van der Waals surface area contributed by atoms with E-state index < -0.39 is 6.04 Å². The lowest BCUT2D eigenvalue weighted by atomic mass is 10.0. The van der Waals surface area contributed by atoms with Crippen molar-refractivity contribution < 1.29 is 14.4 Å². The summed E-state index contributed by atoms with van der Waals surface area (Å²) in [5.74, 6) is 0.0888. The lowest BCUT2D eigenvalue weighted by molar-refractivity contribution is -0.136. The largest absolute Gasteiger partial charge is 0.322 e. The minimum atomic E-state index is -0.552. The summed E-state index contributed by atoms with van der Waals surface area (Å²) in [6.45, 7) is 2.45. The molecule has 7 nitrogen and oxygen atoms in total. The van der Waals surface area contributed by atoms with Crippen molar-refractivity contribution in [3.05, 3.63) is 34.9 Å². The molecule has 4 aliphatic rings. The van der Waals surface area contributed by atoms with Crippen molar-refractivity contribution >= 4 is 17.7 Å². The van der Waals surface area contributed by atoms with Crippen molar-refractivity contribution in [1.29, 1.82) is 0 Å². The number of amides is 3. The normalized spacial score (nSPS) is 31.6. The van der Waals surface area contributed by atoms with Crippen molar-refractivity contribution in [3.63, 3.8) is 0 Å². The molecule has 28 heavy (non-hydrogen) atoms. The smallest absolute Gasteiger partial charge is 0.255 e. The first kappa shape index (κ1) is 17.8. The molecule has 0 aromatic heterocycles. The Hall–Kier alpha value is -2.25. The van der Waals surface area contributed by atoms with Crippen LogP contribution in [0.15, 0.2) is 18.2 Å². The van der Waals surface area contributed by atoms with E-state index in [0.717, 1.165) is 24.6 Å². The zero-order valence-electron chi connectivity index (χ0n) is 16.1. The number of hydrogen-bond donors (Lipinski definition) is 2. The van der Waals surface area contributed by atoms with Gasteiger partial charge in [0.15, 0.2) is 0 Å². The van der Waals surface area contributed by atoms with E-state index in [-0.39, 0.29) is 24.1 Å². The molecule has 0 radical (unpaired) electrons. The van der Waals surface area contributed by atoms with Crippen LogP contribution in [0.1, 0.15) is 47.2 Å². The molecule has 3 heterocycles. The Bertz CT molecular complexity index is 854. The number of hydrogen-bond acceptors (Lipinski definition) is 5. The molecule has 3 fully saturated rings. The Labute approximate surface area is 164 Å². The second kappa shape index (κ2) is 6.67. The standard InChI is InChI=1S/C21H26N4O3/c1-24(18-8-13-7-16(18)22-9-13)10-12-2-3-15-14(6-12)11-25(21(15)28)17-4-5-19(26)23-20(17)27/h2-3,6,13,16-18,22H,4-5,7-11H2,1H3,(H,23,26,27)/t13-,16+,17?,18-/m1/s1. The third-order valence-electron chi connectivity index (χ3n) is 6.88. The number of carbonyl (C=O) groups is 3. The predicted octanol–water partition coefficient (Wildman–Crippen LogP) is 0.630. The van der Waals surface area contributed by atoms with E-state index in [4.69, 9.17) is 0 Å². The highest BCUT2D eigenvalue weighted by molar-refractivity contribution is 6.05. The molecule has 2 N–H and O–H groups in total. The highest BCUT2D eigenvalue weighted by atomic mass is 16.2. The van der Waals surface area contributed by atoms with Gasteiger partial charge < -0.3 is 10.2 Å². The van der Waals surface area contributed by atoms with Crippen LogP contribution in [0.3, 0.4) is 0 Å². The van der Waals surface area contributed by atoms with Crippen LogP contribution in [-0.2, 0) is 22.7 Å². The van der Waals surface area contributed by atoms with Gasteiger partial charge in [-0.05, 0) is 56.0 Å². The fraction of sp³-hybridized carbons (Fsp3) is 0.571. The maximum Gasteiger partial charge on any atom is 0.255 e. The Morgan fingerprint density at radius 2 is 2.07 bits per heavy atom. The number of piperidine rings is 2. The summed E-state index contributed by atoms with van der Waals surface area (Å²) in [7, 11) is 2.18. The number of imide groups is 1. The van der Waals surface area contributed by atoms with Crippen LogP contribution >= 0.6 is 0 Å². The van der Waals surface area contributed by atoms with Crippen LogP contribution in [0.2, 0.25) is 0 Å². The average molecular weight is 382 g/mol. The maximum atomic E-state index is 12.8. The fourth-order valence-electron chi connectivity index (χ4n) is 5.44. The molecular weight excluding hydrogens is 356 g/mol. The van der Waals surface area contributed by atoms with Crippen LogP contribution in [0, 0.1) is 5.92 Å². The van der Waals surface area contributed by atoms with E-state index in [9.17, 15) is 14.4 Å². The minimum absolute atomic E-state index is 0.110. The monoisotopic (exact) mass is 382 g/mol. The molecule has 1 aliphatic carbocycles. The molecule has 1 unspecified atom stereocenters. The van der Waals surface area contributed by atoms with Crippen molar-refractivity contribution in [3.8, 4) is 0 Å². The summed E-state index contributed by atoms with van der Waals surface area (Å²) >= 11 is 0. The third-order valence-corrected chi connectivity index (χ3v) is 6.88. The van der Waals surface area contributed by atoms with Gasteiger partial charge in [-0.2, -0.15) is 0 Å². The first-order valence-electron chi connectivity index (χ1n) is 10.2. The highest BCUT2D eigenvalue weighted by Crippen LogP contribution is 2.35. The van der Waals surface area contributed by atoms with E-state index in [0.29, 0.717) is 30.6 Å². The topological polar surface area (TPSA) is 81.8 Å². The molecule has 2 saturated heterocycles. The van der Waals surface area contributed by atoms with Gasteiger partial charge in [0.2, 0.25) is 11.8 Å². The van der Waals surface area contributed by atoms with Crippen LogP contribution in [0.5, 0.6) is 0 Å². The first-order valence-corrected chi connectivity index (χ1v) is 10.2. The molecular formula is C21H26N4O3. The molecule has 4 atom stereocenters.